The van der Waals surface area contributed by atoms with Crippen molar-refractivity contribution >= 4 is 17.3 Å². The first-order chi connectivity index (χ1) is 9.65. The number of nitriles is 1. The van der Waals surface area contributed by atoms with Crippen molar-refractivity contribution in [3.05, 3.63) is 46.9 Å². The van der Waals surface area contributed by atoms with Gasteiger partial charge in [0.15, 0.2) is 0 Å². The van der Waals surface area contributed by atoms with E-state index in [2.05, 4.69) is 15.3 Å². The van der Waals surface area contributed by atoms with E-state index in [4.69, 9.17) is 21.6 Å². The number of nitrogens with one attached hydrogen (secondary N) is 1. The lowest BCUT2D eigenvalue weighted by Crippen LogP contribution is -2.09. The molecule has 2 aromatic rings. The molecular formula is C14H13ClN4O. The summed E-state index contributed by atoms with van der Waals surface area (Å²) in [7, 11) is 1.49. The van der Waals surface area contributed by atoms with Crippen LogP contribution in [-0.2, 0) is 0 Å². The molecule has 0 unspecified atom stereocenters. The van der Waals surface area contributed by atoms with Crippen molar-refractivity contribution in [1.82, 2.24) is 9.97 Å². The van der Waals surface area contributed by atoms with Gasteiger partial charge < -0.3 is 10.1 Å². The summed E-state index contributed by atoms with van der Waals surface area (Å²) in [4.78, 5) is 7.92. The van der Waals surface area contributed by atoms with E-state index in [1.54, 1.807) is 0 Å². The predicted octanol–water partition coefficient (Wildman–Crippen LogP) is 3.18. The lowest BCUT2D eigenvalue weighted by Gasteiger charge is -2.17. The first-order valence-electron chi connectivity index (χ1n) is 5.97. The maximum absolute atomic E-state index is 8.78. The first-order valence-corrected chi connectivity index (χ1v) is 6.35. The SMILES string of the molecule is COc1nc(C#N)ncc1N[C@@H](C)c1ccccc1Cl. The van der Waals surface area contributed by atoms with E-state index < -0.39 is 0 Å². The maximum atomic E-state index is 8.78. The Morgan fingerprint density at radius 1 is 1.40 bits per heavy atom. The van der Waals surface area contributed by atoms with Gasteiger partial charge in [-0.2, -0.15) is 10.2 Å². The maximum Gasteiger partial charge on any atom is 0.241 e. The normalized spacial score (nSPS) is 11.5. The van der Waals surface area contributed by atoms with Crippen molar-refractivity contribution in [1.29, 1.82) is 5.26 Å². The molecule has 0 bridgehead atoms. The average molecular weight is 289 g/mol. The van der Waals surface area contributed by atoms with Crippen molar-refractivity contribution in [3.63, 3.8) is 0 Å². The third-order valence-corrected chi connectivity index (χ3v) is 3.14. The molecule has 0 aliphatic heterocycles. The molecular weight excluding hydrogens is 276 g/mol. The second-order valence-corrected chi connectivity index (χ2v) is 4.52. The summed E-state index contributed by atoms with van der Waals surface area (Å²) >= 11 is 6.16. The van der Waals surface area contributed by atoms with Gasteiger partial charge in [0, 0.05) is 5.02 Å². The number of ether oxygens (including phenoxy) is 1. The van der Waals surface area contributed by atoms with E-state index in [0.717, 1.165) is 5.56 Å². The molecule has 1 aromatic heterocycles. The van der Waals surface area contributed by atoms with Crippen LogP contribution in [0.1, 0.15) is 24.4 Å². The average Bonchev–Trinajstić information content (AvgIpc) is 2.48. The van der Waals surface area contributed by atoms with Crippen molar-refractivity contribution < 1.29 is 4.74 Å². The van der Waals surface area contributed by atoms with Gasteiger partial charge in [-0.15, -0.1) is 0 Å². The Kier molecular flexibility index (Phi) is 4.38. The van der Waals surface area contributed by atoms with Crippen molar-refractivity contribution in [2.75, 3.05) is 12.4 Å². The van der Waals surface area contributed by atoms with Crippen LogP contribution in [0.15, 0.2) is 30.5 Å². The summed E-state index contributed by atoms with van der Waals surface area (Å²) < 4.78 is 5.16. The zero-order valence-electron chi connectivity index (χ0n) is 11.1. The molecule has 1 atom stereocenters. The van der Waals surface area contributed by atoms with E-state index in [9.17, 15) is 0 Å². The Balaban J connectivity index is 2.26. The quantitative estimate of drug-likeness (QED) is 0.935. The molecule has 102 valence electrons. The molecule has 0 fully saturated rings. The number of rotatable bonds is 4. The highest BCUT2D eigenvalue weighted by molar-refractivity contribution is 6.31. The van der Waals surface area contributed by atoms with Gasteiger partial charge in [-0.05, 0) is 18.6 Å². The Morgan fingerprint density at radius 2 is 2.15 bits per heavy atom. The zero-order chi connectivity index (χ0) is 14.5. The highest BCUT2D eigenvalue weighted by atomic mass is 35.5. The Labute approximate surface area is 122 Å². The number of benzene rings is 1. The number of halogens is 1. The minimum absolute atomic E-state index is 0.0471. The molecule has 0 spiro atoms. The molecule has 1 aromatic carbocycles. The molecule has 0 amide bonds. The van der Waals surface area contributed by atoms with Gasteiger partial charge >= 0.3 is 0 Å². The summed E-state index contributed by atoms with van der Waals surface area (Å²) in [5.74, 6) is 0.397. The summed E-state index contributed by atoms with van der Waals surface area (Å²) in [6.45, 7) is 1.97. The topological polar surface area (TPSA) is 70.8 Å². The number of anilines is 1. The minimum atomic E-state index is -0.0471. The Bertz CT molecular complexity index is 654. The van der Waals surface area contributed by atoms with Crippen LogP contribution in [0.2, 0.25) is 5.02 Å². The van der Waals surface area contributed by atoms with Crippen LogP contribution >= 0.6 is 11.6 Å². The number of aromatic nitrogens is 2. The highest BCUT2D eigenvalue weighted by Gasteiger charge is 2.13. The van der Waals surface area contributed by atoms with Crippen LogP contribution in [-0.4, -0.2) is 17.1 Å². The molecule has 1 N–H and O–H groups in total. The first kappa shape index (κ1) is 14.1. The van der Waals surface area contributed by atoms with Crippen LogP contribution in [0, 0.1) is 11.3 Å². The molecule has 0 aliphatic rings. The molecule has 0 saturated heterocycles. The van der Waals surface area contributed by atoms with Crippen LogP contribution < -0.4 is 10.1 Å². The van der Waals surface area contributed by atoms with Gasteiger partial charge in [-0.3, -0.25) is 0 Å². The number of methoxy groups -OCH3 is 1. The second-order valence-electron chi connectivity index (χ2n) is 4.12. The molecule has 2 rings (SSSR count). The summed E-state index contributed by atoms with van der Waals surface area (Å²) in [6, 6.07) is 9.40. The van der Waals surface area contributed by atoms with E-state index in [0.29, 0.717) is 16.6 Å². The largest absolute Gasteiger partial charge is 0.479 e. The van der Waals surface area contributed by atoms with E-state index in [1.807, 2.05) is 37.3 Å². The van der Waals surface area contributed by atoms with Crippen LogP contribution in [0.4, 0.5) is 5.69 Å². The van der Waals surface area contributed by atoms with Crippen molar-refractivity contribution in [2.45, 2.75) is 13.0 Å². The van der Waals surface area contributed by atoms with E-state index in [1.165, 1.54) is 13.3 Å². The van der Waals surface area contributed by atoms with Crippen molar-refractivity contribution in [2.24, 2.45) is 0 Å². The molecule has 0 saturated carbocycles. The molecule has 6 heteroatoms. The lowest BCUT2D eigenvalue weighted by atomic mass is 10.1. The number of hydrogen-bond acceptors (Lipinski definition) is 5. The summed E-state index contributed by atoms with van der Waals surface area (Å²) in [5, 5.41) is 12.7. The van der Waals surface area contributed by atoms with Gasteiger partial charge in [-0.25, -0.2) is 4.98 Å². The minimum Gasteiger partial charge on any atom is -0.479 e. The second kappa shape index (κ2) is 6.22. The molecule has 1 heterocycles. The lowest BCUT2D eigenvalue weighted by molar-refractivity contribution is 0.398. The molecule has 20 heavy (non-hydrogen) atoms. The Morgan fingerprint density at radius 3 is 2.80 bits per heavy atom. The van der Waals surface area contributed by atoms with Gasteiger partial charge in [0.1, 0.15) is 11.8 Å². The van der Waals surface area contributed by atoms with Crippen molar-refractivity contribution in [3.8, 4) is 11.9 Å². The summed E-state index contributed by atoms with van der Waals surface area (Å²) in [6.07, 6.45) is 1.53. The number of hydrogen-bond donors (Lipinski definition) is 1. The third-order valence-electron chi connectivity index (χ3n) is 2.79. The molecule has 0 aliphatic carbocycles. The molecule has 0 radical (unpaired) electrons. The monoisotopic (exact) mass is 288 g/mol. The Hall–Kier alpha value is -2.32. The molecule has 5 nitrogen and oxygen atoms in total. The number of nitrogens with zero attached hydrogens (tertiary/aromatic N) is 3. The van der Waals surface area contributed by atoms with Crippen LogP contribution in [0.25, 0.3) is 0 Å². The zero-order valence-corrected chi connectivity index (χ0v) is 11.8. The summed E-state index contributed by atoms with van der Waals surface area (Å²) in [5.41, 5.74) is 1.57. The fourth-order valence-corrected chi connectivity index (χ4v) is 2.11. The fourth-order valence-electron chi connectivity index (χ4n) is 1.81. The fraction of sp³-hybridized carbons (Fsp3) is 0.214. The predicted molar refractivity (Wildman–Crippen MR) is 76.8 cm³/mol. The van der Waals surface area contributed by atoms with Gasteiger partial charge in [-0.1, -0.05) is 29.8 Å². The third kappa shape index (κ3) is 2.98. The smallest absolute Gasteiger partial charge is 0.241 e. The van der Waals surface area contributed by atoms with Gasteiger partial charge in [0.2, 0.25) is 11.7 Å². The van der Waals surface area contributed by atoms with Crippen LogP contribution in [0.3, 0.4) is 0 Å². The van der Waals surface area contributed by atoms with Gasteiger partial charge in [0.25, 0.3) is 0 Å². The highest BCUT2D eigenvalue weighted by Crippen LogP contribution is 2.28. The van der Waals surface area contributed by atoms with Gasteiger partial charge in [0.05, 0.1) is 19.3 Å². The van der Waals surface area contributed by atoms with Crippen LogP contribution in [0.5, 0.6) is 5.88 Å². The standard InChI is InChI=1S/C14H13ClN4O/c1-9(10-5-3-4-6-11(10)15)18-12-8-17-13(7-16)19-14(12)20-2/h3-6,8-9,18H,1-2H3/t9-/m0/s1. The van der Waals surface area contributed by atoms with E-state index in [-0.39, 0.29) is 11.9 Å². The van der Waals surface area contributed by atoms with E-state index >= 15 is 0 Å².